The first kappa shape index (κ1) is 15.1. The summed E-state index contributed by atoms with van der Waals surface area (Å²) < 4.78 is 6.05. The average Bonchev–Trinajstić information content (AvgIpc) is 2.91. The van der Waals surface area contributed by atoms with Crippen LogP contribution in [0.5, 0.6) is 5.75 Å². The van der Waals surface area contributed by atoms with Crippen LogP contribution in [0.15, 0.2) is 18.2 Å². The zero-order chi connectivity index (χ0) is 14.7. The van der Waals surface area contributed by atoms with Crippen molar-refractivity contribution in [3.63, 3.8) is 0 Å². The number of carboxylic acid groups (broad SMARTS) is 1. The number of rotatable bonds is 4. The number of ether oxygens (including phenoxy) is 1. The van der Waals surface area contributed by atoms with Gasteiger partial charge in [0.2, 0.25) is 5.91 Å². The summed E-state index contributed by atoms with van der Waals surface area (Å²) in [5, 5.41) is 11.8. The molecule has 2 atom stereocenters. The largest absolute Gasteiger partial charge is 0.497 e. The molecule has 0 unspecified atom stereocenters. The molecule has 1 aromatic rings. The number of benzene rings is 1. The van der Waals surface area contributed by atoms with Gasteiger partial charge >= 0.3 is 5.97 Å². The molecule has 5 nitrogen and oxygen atoms in total. The zero-order valence-corrected chi connectivity index (χ0v) is 13.2. The lowest BCUT2D eigenvalue weighted by molar-refractivity contribution is -0.141. The Labute approximate surface area is 130 Å². The lowest BCUT2D eigenvalue weighted by Crippen LogP contribution is -2.22. The Balaban J connectivity index is 2.03. The van der Waals surface area contributed by atoms with Gasteiger partial charge in [0, 0.05) is 15.6 Å². The highest BCUT2D eigenvalue weighted by atomic mass is 127. The van der Waals surface area contributed by atoms with Crippen molar-refractivity contribution in [2.45, 2.75) is 19.3 Å². The fraction of sp³-hybridized carbons (Fsp3) is 0.429. The highest BCUT2D eigenvalue weighted by molar-refractivity contribution is 14.1. The molecule has 0 bridgehead atoms. The van der Waals surface area contributed by atoms with Gasteiger partial charge in [0.1, 0.15) is 5.75 Å². The molecular weight excluding hydrogens is 373 g/mol. The van der Waals surface area contributed by atoms with Crippen molar-refractivity contribution >= 4 is 40.2 Å². The first-order valence-corrected chi connectivity index (χ1v) is 7.46. The van der Waals surface area contributed by atoms with E-state index in [0.29, 0.717) is 30.7 Å². The molecule has 2 N–H and O–H groups in total. The summed E-state index contributed by atoms with van der Waals surface area (Å²) in [5.41, 5.74) is 0.703. The Kier molecular flexibility index (Phi) is 4.85. The minimum absolute atomic E-state index is 0.111. The summed E-state index contributed by atoms with van der Waals surface area (Å²) in [6.07, 6.45) is 1.62. The van der Waals surface area contributed by atoms with E-state index in [4.69, 9.17) is 9.84 Å². The third kappa shape index (κ3) is 3.41. The maximum Gasteiger partial charge on any atom is 0.306 e. The molecule has 0 spiro atoms. The molecule has 1 saturated carbocycles. The summed E-state index contributed by atoms with van der Waals surface area (Å²) >= 11 is 2.14. The smallest absolute Gasteiger partial charge is 0.306 e. The van der Waals surface area contributed by atoms with Gasteiger partial charge in [-0.3, -0.25) is 9.59 Å². The number of carbonyl (C=O) groups is 2. The molecule has 1 aliphatic rings. The highest BCUT2D eigenvalue weighted by Crippen LogP contribution is 2.32. The van der Waals surface area contributed by atoms with E-state index in [1.54, 1.807) is 13.2 Å². The van der Waals surface area contributed by atoms with Gasteiger partial charge in [-0.05, 0) is 54.0 Å². The van der Waals surface area contributed by atoms with Crippen LogP contribution in [0, 0.1) is 15.4 Å². The molecule has 0 aliphatic heterocycles. The van der Waals surface area contributed by atoms with Crippen molar-refractivity contribution in [2.75, 3.05) is 12.4 Å². The molecule has 108 valence electrons. The predicted octanol–water partition coefficient (Wildman–Crippen LogP) is 2.74. The number of aliphatic carboxylic acids is 1. The van der Waals surface area contributed by atoms with Crippen LogP contribution in [0.1, 0.15) is 19.3 Å². The maximum absolute atomic E-state index is 12.2. The Hall–Kier alpha value is -1.31. The quantitative estimate of drug-likeness (QED) is 0.777. The number of carbonyl (C=O) groups excluding carboxylic acids is 1. The van der Waals surface area contributed by atoms with Gasteiger partial charge < -0.3 is 15.2 Å². The van der Waals surface area contributed by atoms with Crippen LogP contribution in [0.3, 0.4) is 0 Å². The molecule has 0 radical (unpaired) electrons. The minimum atomic E-state index is -0.809. The number of hydrogen-bond acceptors (Lipinski definition) is 3. The van der Waals surface area contributed by atoms with Crippen molar-refractivity contribution in [1.82, 2.24) is 0 Å². The fourth-order valence-electron chi connectivity index (χ4n) is 2.41. The molecule has 20 heavy (non-hydrogen) atoms. The van der Waals surface area contributed by atoms with Crippen molar-refractivity contribution in [2.24, 2.45) is 11.8 Å². The van der Waals surface area contributed by atoms with Gasteiger partial charge in [-0.15, -0.1) is 0 Å². The minimum Gasteiger partial charge on any atom is -0.497 e. The second-order valence-electron chi connectivity index (χ2n) is 4.88. The normalized spacial score (nSPS) is 21.5. The SMILES string of the molecule is COc1ccc(I)c(NC(=O)[C@@H]2CC[C@H](C(=O)O)C2)c1. The van der Waals surface area contributed by atoms with Crippen LogP contribution in [0.2, 0.25) is 0 Å². The first-order valence-electron chi connectivity index (χ1n) is 6.38. The molecule has 0 heterocycles. The Morgan fingerprint density at radius 3 is 2.65 bits per heavy atom. The average molecular weight is 389 g/mol. The number of carboxylic acids is 1. The Morgan fingerprint density at radius 1 is 1.35 bits per heavy atom. The van der Waals surface area contributed by atoms with E-state index < -0.39 is 11.9 Å². The van der Waals surface area contributed by atoms with Crippen molar-refractivity contribution in [1.29, 1.82) is 0 Å². The predicted molar refractivity (Wildman–Crippen MR) is 82.8 cm³/mol. The molecule has 1 aromatic carbocycles. The van der Waals surface area contributed by atoms with Gasteiger partial charge in [-0.2, -0.15) is 0 Å². The Morgan fingerprint density at radius 2 is 2.05 bits per heavy atom. The highest BCUT2D eigenvalue weighted by Gasteiger charge is 2.33. The Bertz CT molecular complexity index is 532. The summed E-state index contributed by atoms with van der Waals surface area (Å²) in [5.74, 6) is -0.861. The van der Waals surface area contributed by atoms with E-state index in [0.717, 1.165) is 3.57 Å². The molecule has 6 heteroatoms. The third-order valence-corrected chi connectivity index (χ3v) is 4.52. The number of nitrogens with one attached hydrogen (secondary N) is 1. The lowest BCUT2D eigenvalue weighted by atomic mass is 10.0. The van der Waals surface area contributed by atoms with Crippen LogP contribution in [0.25, 0.3) is 0 Å². The standard InChI is InChI=1S/C14H16INO4/c1-20-10-4-5-11(15)12(7-10)16-13(17)8-2-3-9(6-8)14(18)19/h4-5,7-9H,2-3,6H2,1H3,(H,16,17)(H,18,19)/t8-,9+/m1/s1. The monoisotopic (exact) mass is 389 g/mol. The zero-order valence-electron chi connectivity index (χ0n) is 11.1. The van der Waals surface area contributed by atoms with Gasteiger partial charge in [0.25, 0.3) is 0 Å². The first-order chi connectivity index (χ1) is 9.51. The van der Waals surface area contributed by atoms with Gasteiger partial charge in [-0.25, -0.2) is 0 Å². The van der Waals surface area contributed by atoms with Gasteiger partial charge in [0.05, 0.1) is 18.7 Å². The summed E-state index contributed by atoms with van der Waals surface area (Å²) in [6.45, 7) is 0. The fourth-order valence-corrected chi connectivity index (χ4v) is 2.88. The molecule has 1 amide bonds. The molecule has 1 aliphatic carbocycles. The van der Waals surface area contributed by atoms with Gasteiger partial charge in [0.15, 0.2) is 0 Å². The van der Waals surface area contributed by atoms with Crippen molar-refractivity contribution in [3.05, 3.63) is 21.8 Å². The van der Waals surface area contributed by atoms with Crippen LogP contribution >= 0.6 is 22.6 Å². The van der Waals surface area contributed by atoms with Crippen LogP contribution in [-0.2, 0) is 9.59 Å². The van der Waals surface area contributed by atoms with Gasteiger partial charge in [-0.1, -0.05) is 0 Å². The summed E-state index contributed by atoms with van der Waals surface area (Å²) in [6, 6.07) is 5.46. The molecule has 1 fully saturated rings. The lowest BCUT2D eigenvalue weighted by Gasteiger charge is -2.13. The summed E-state index contributed by atoms with van der Waals surface area (Å²) in [7, 11) is 1.57. The van der Waals surface area contributed by atoms with E-state index >= 15 is 0 Å². The van der Waals surface area contributed by atoms with E-state index in [-0.39, 0.29) is 11.8 Å². The second kappa shape index (κ2) is 6.43. The van der Waals surface area contributed by atoms with Crippen LogP contribution in [-0.4, -0.2) is 24.1 Å². The van der Waals surface area contributed by atoms with Crippen molar-refractivity contribution in [3.8, 4) is 5.75 Å². The molecular formula is C14H16INO4. The second-order valence-corrected chi connectivity index (χ2v) is 6.04. The number of hydrogen-bond donors (Lipinski definition) is 2. The number of halogens is 1. The summed E-state index contributed by atoms with van der Waals surface area (Å²) in [4.78, 5) is 23.1. The molecule has 0 aromatic heterocycles. The molecule has 2 rings (SSSR count). The van der Waals surface area contributed by atoms with Crippen LogP contribution in [0.4, 0.5) is 5.69 Å². The van der Waals surface area contributed by atoms with E-state index in [1.807, 2.05) is 12.1 Å². The van der Waals surface area contributed by atoms with E-state index in [9.17, 15) is 9.59 Å². The molecule has 0 saturated heterocycles. The van der Waals surface area contributed by atoms with E-state index in [1.165, 1.54) is 0 Å². The van der Waals surface area contributed by atoms with Crippen molar-refractivity contribution < 1.29 is 19.4 Å². The number of methoxy groups -OCH3 is 1. The topological polar surface area (TPSA) is 75.6 Å². The number of anilines is 1. The maximum atomic E-state index is 12.2. The third-order valence-electron chi connectivity index (χ3n) is 3.58. The van der Waals surface area contributed by atoms with Crippen LogP contribution < -0.4 is 10.1 Å². The number of amides is 1. The van der Waals surface area contributed by atoms with E-state index in [2.05, 4.69) is 27.9 Å².